The molecule has 2 N–H and O–H groups in total. The second-order valence-electron chi connectivity index (χ2n) is 9.69. The maximum absolute atomic E-state index is 14.3. The summed E-state index contributed by atoms with van der Waals surface area (Å²) in [5.41, 5.74) is 4.29. The summed E-state index contributed by atoms with van der Waals surface area (Å²) in [4.78, 5) is 41.8. The molecule has 0 saturated carbocycles. The number of esters is 2. The maximum atomic E-state index is 14.3. The van der Waals surface area contributed by atoms with Crippen LogP contribution in [0.2, 0.25) is 0 Å². The number of nitrogens with two attached hydrogens (primary N) is 1. The van der Waals surface area contributed by atoms with Crippen LogP contribution in [0, 0.1) is 11.3 Å². The van der Waals surface area contributed by atoms with Crippen LogP contribution in [0.4, 0.5) is 5.69 Å². The lowest BCUT2D eigenvalue weighted by atomic mass is 9.68. The number of nitriles is 1. The van der Waals surface area contributed by atoms with Crippen LogP contribution in [0.3, 0.4) is 0 Å². The minimum atomic E-state index is -1.94. The molecule has 1 atom stereocenters. The van der Waals surface area contributed by atoms with Gasteiger partial charge in [0.2, 0.25) is 11.8 Å². The second kappa shape index (κ2) is 9.47. The lowest BCUT2D eigenvalue weighted by Gasteiger charge is -2.35. The summed E-state index contributed by atoms with van der Waals surface area (Å²) in [6, 6.07) is 17.7. The molecule has 1 amide bonds. The number of fused-ring (bicyclic) bond motifs is 2. The Labute approximate surface area is 214 Å². The largest absolute Gasteiger partial charge is 0.459 e. The predicted molar refractivity (Wildman–Crippen MR) is 133 cm³/mol. The normalized spacial score (nSPS) is 18.9. The zero-order valence-corrected chi connectivity index (χ0v) is 21.0. The molecular weight excluding hydrogens is 474 g/mol. The van der Waals surface area contributed by atoms with Crippen molar-refractivity contribution >= 4 is 23.5 Å². The van der Waals surface area contributed by atoms with Crippen molar-refractivity contribution in [1.82, 2.24) is 0 Å². The van der Waals surface area contributed by atoms with Crippen LogP contribution < -0.4 is 10.6 Å². The number of hydrogen-bond donors (Lipinski definition) is 1. The molecule has 0 bridgehead atoms. The van der Waals surface area contributed by atoms with Crippen molar-refractivity contribution in [2.24, 2.45) is 5.73 Å². The van der Waals surface area contributed by atoms with Gasteiger partial charge in [-0.2, -0.15) is 5.26 Å². The number of ether oxygens (including phenoxy) is 3. The average Bonchev–Trinajstić information content (AvgIpc) is 3.06. The first-order chi connectivity index (χ1) is 17.5. The van der Waals surface area contributed by atoms with Crippen LogP contribution in [0.1, 0.15) is 38.8 Å². The summed E-state index contributed by atoms with van der Waals surface area (Å²) in [6.07, 6.45) is 0. The van der Waals surface area contributed by atoms with E-state index in [1.807, 2.05) is 36.4 Å². The van der Waals surface area contributed by atoms with Gasteiger partial charge in [-0.15, -0.1) is 0 Å². The van der Waals surface area contributed by atoms with Gasteiger partial charge in [-0.25, -0.2) is 4.79 Å². The fourth-order valence-corrected chi connectivity index (χ4v) is 4.61. The number of hydrogen-bond acceptors (Lipinski definition) is 8. The van der Waals surface area contributed by atoms with E-state index in [9.17, 15) is 19.6 Å². The molecule has 1 spiro atoms. The lowest BCUT2D eigenvalue weighted by Crippen LogP contribution is -2.50. The molecule has 2 aromatic rings. The second-order valence-corrected chi connectivity index (χ2v) is 9.69. The Kier molecular flexibility index (Phi) is 6.53. The van der Waals surface area contributed by atoms with Gasteiger partial charge in [-0.1, -0.05) is 48.5 Å². The predicted octanol–water partition coefficient (Wildman–Crippen LogP) is 3.35. The first-order valence-electron chi connectivity index (χ1n) is 11.6. The average molecular weight is 502 g/mol. The van der Waals surface area contributed by atoms with Gasteiger partial charge in [-0.3, -0.25) is 14.5 Å². The van der Waals surface area contributed by atoms with Gasteiger partial charge < -0.3 is 19.9 Å². The Bertz CT molecular complexity index is 1380. The van der Waals surface area contributed by atoms with E-state index in [2.05, 4.69) is 0 Å². The minimum Gasteiger partial charge on any atom is -0.459 e. The lowest BCUT2D eigenvalue weighted by molar-refractivity contribution is -0.151. The molecule has 0 aliphatic carbocycles. The van der Waals surface area contributed by atoms with Gasteiger partial charge in [0.25, 0.3) is 0 Å². The van der Waals surface area contributed by atoms with Crippen molar-refractivity contribution < 1.29 is 28.6 Å². The van der Waals surface area contributed by atoms with E-state index in [-0.39, 0.29) is 29.4 Å². The molecule has 2 aromatic carbocycles. The van der Waals surface area contributed by atoms with Gasteiger partial charge in [0, 0.05) is 11.3 Å². The number of carbonyl (C=O) groups is 3. The van der Waals surface area contributed by atoms with Crippen molar-refractivity contribution in [1.29, 1.82) is 5.26 Å². The van der Waals surface area contributed by atoms with E-state index in [0.29, 0.717) is 11.3 Å². The number of rotatable bonds is 5. The number of carbonyl (C=O) groups excluding carboxylic acids is 3. The van der Waals surface area contributed by atoms with Crippen LogP contribution in [-0.4, -0.2) is 30.0 Å². The van der Waals surface area contributed by atoms with Crippen molar-refractivity contribution in [3.63, 3.8) is 0 Å². The third kappa shape index (κ3) is 4.42. The highest BCUT2D eigenvalue weighted by Crippen LogP contribution is 2.54. The molecule has 0 radical (unpaired) electrons. The van der Waals surface area contributed by atoms with E-state index in [4.69, 9.17) is 19.9 Å². The third-order valence-electron chi connectivity index (χ3n) is 6.02. The van der Waals surface area contributed by atoms with E-state index >= 15 is 0 Å². The zero-order valence-electron chi connectivity index (χ0n) is 21.0. The highest BCUT2D eigenvalue weighted by atomic mass is 16.6. The Balaban J connectivity index is 1.79. The van der Waals surface area contributed by atoms with Gasteiger partial charge >= 0.3 is 11.9 Å². The molecule has 0 fully saturated rings. The number of para-hydroxylation sites is 1. The van der Waals surface area contributed by atoms with Crippen molar-refractivity contribution in [2.45, 2.75) is 45.3 Å². The summed E-state index contributed by atoms with van der Waals surface area (Å²) in [5.74, 6) is -2.47. The zero-order chi connectivity index (χ0) is 27.0. The molecule has 0 unspecified atom stereocenters. The van der Waals surface area contributed by atoms with Gasteiger partial charge in [0.1, 0.15) is 41.7 Å². The molecule has 0 aromatic heterocycles. The number of benzene rings is 2. The Morgan fingerprint density at radius 3 is 2.41 bits per heavy atom. The first kappa shape index (κ1) is 25.5. The van der Waals surface area contributed by atoms with Gasteiger partial charge in [0.15, 0.2) is 5.41 Å². The number of amides is 1. The van der Waals surface area contributed by atoms with E-state index in [1.165, 1.54) is 11.8 Å². The number of anilines is 1. The molecule has 2 aliphatic heterocycles. The van der Waals surface area contributed by atoms with Crippen molar-refractivity contribution in [3.05, 3.63) is 88.5 Å². The molecule has 9 nitrogen and oxygen atoms in total. The third-order valence-corrected chi connectivity index (χ3v) is 6.02. The molecule has 2 heterocycles. The number of nitrogens with zero attached hydrogens (tertiary/aromatic N) is 2. The van der Waals surface area contributed by atoms with Gasteiger partial charge in [-0.05, 0) is 39.3 Å². The van der Waals surface area contributed by atoms with Crippen LogP contribution in [0.25, 0.3) is 0 Å². The molecule has 37 heavy (non-hydrogen) atoms. The summed E-state index contributed by atoms with van der Waals surface area (Å²) in [7, 11) is 0. The Hall–Kier alpha value is -4.58. The molecule has 190 valence electrons. The summed E-state index contributed by atoms with van der Waals surface area (Å²) in [6.45, 7) is 6.13. The standard InChI is InChI=1S/C28H27N3O6/c1-17-23(25(33)37-27(2,3)4)28(20(14-29)24(30)36-17)19-12-8-9-13-21(19)31(26(28)34)15-22(32)35-16-18-10-6-5-7-11-18/h5-13H,15-16,30H2,1-4H3/t28-/m1/s1. The smallest absolute Gasteiger partial charge is 0.339 e. The van der Waals surface area contributed by atoms with E-state index < -0.39 is 35.4 Å². The minimum absolute atomic E-state index is 0.0286. The SMILES string of the molecule is CC1=C(C(=O)OC(C)(C)C)[C@]2(C(=O)N(CC(=O)OCc3ccccc3)c3ccccc32)C(C#N)=C(N)O1. The first-order valence-corrected chi connectivity index (χ1v) is 11.6. The fraction of sp³-hybridized carbons (Fsp3) is 0.286. The Morgan fingerprint density at radius 1 is 1.11 bits per heavy atom. The molecular formula is C28H27N3O6. The summed E-state index contributed by atoms with van der Waals surface area (Å²) < 4.78 is 16.6. The number of allylic oxidation sites excluding steroid dienone is 1. The highest BCUT2D eigenvalue weighted by molar-refractivity contribution is 6.19. The molecule has 4 rings (SSSR count). The van der Waals surface area contributed by atoms with E-state index in [0.717, 1.165) is 5.56 Å². The summed E-state index contributed by atoms with van der Waals surface area (Å²) in [5, 5.41) is 10.1. The quantitative estimate of drug-likeness (QED) is 0.617. The fourth-order valence-electron chi connectivity index (χ4n) is 4.61. The summed E-state index contributed by atoms with van der Waals surface area (Å²) >= 11 is 0. The monoisotopic (exact) mass is 501 g/mol. The van der Waals surface area contributed by atoms with Crippen molar-refractivity contribution in [2.75, 3.05) is 11.4 Å². The van der Waals surface area contributed by atoms with Gasteiger partial charge in [0.05, 0.1) is 0 Å². The van der Waals surface area contributed by atoms with Crippen LogP contribution in [0.15, 0.2) is 77.4 Å². The van der Waals surface area contributed by atoms with Crippen LogP contribution in [-0.2, 0) is 40.6 Å². The molecule has 0 saturated heterocycles. The topological polar surface area (TPSA) is 132 Å². The van der Waals surface area contributed by atoms with Crippen LogP contribution >= 0.6 is 0 Å². The molecule has 9 heteroatoms. The maximum Gasteiger partial charge on any atom is 0.339 e. The van der Waals surface area contributed by atoms with Crippen LogP contribution in [0.5, 0.6) is 0 Å². The van der Waals surface area contributed by atoms with E-state index in [1.54, 1.807) is 45.0 Å². The Morgan fingerprint density at radius 2 is 1.76 bits per heavy atom. The van der Waals surface area contributed by atoms with Crippen molar-refractivity contribution in [3.8, 4) is 6.07 Å². The molecule has 2 aliphatic rings. The highest BCUT2D eigenvalue weighted by Gasteiger charge is 2.62.